The molecule has 1 saturated heterocycles. The van der Waals surface area contributed by atoms with Gasteiger partial charge in [0, 0.05) is 25.3 Å². The van der Waals surface area contributed by atoms with Crippen LogP contribution in [0.3, 0.4) is 0 Å². The third-order valence-corrected chi connectivity index (χ3v) is 6.14. The molecular weight excluding hydrogens is 272 g/mol. The predicted molar refractivity (Wildman–Crippen MR) is 80.4 cm³/mol. The van der Waals surface area contributed by atoms with Crippen molar-refractivity contribution in [1.29, 1.82) is 0 Å². The van der Waals surface area contributed by atoms with Gasteiger partial charge in [0.05, 0.1) is 4.90 Å². The van der Waals surface area contributed by atoms with E-state index in [1.807, 2.05) is 6.07 Å². The minimum Gasteiger partial charge on any atom is -0.385 e. The van der Waals surface area contributed by atoms with Gasteiger partial charge >= 0.3 is 0 Å². The van der Waals surface area contributed by atoms with E-state index in [0.29, 0.717) is 18.0 Å². The number of hydrogen-bond acceptors (Lipinski definition) is 3. The fraction of sp³-hybridized carbons (Fsp3) is 0.600. The highest BCUT2D eigenvalue weighted by Crippen LogP contribution is 2.34. The summed E-state index contributed by atoms with van der Waals surface area (Å²) in [6, 6.07) is 5.51. The van der Waals surface area contributed by atoms with Crippen LogP contribution in [0.25, 0.3) is 0 Å². The van der Waals surface area contributed by atoms with Crippen LogP contribution in [0.15, 0.2) is 23.1 Å². The van der Waals surface area contributed by atoms with Gasteiger partial charge in [-0.2, -0.15) is 4.31 Å². The molecule has 3 rings (SSSR count). The fourth-order valence-corrected chi connectivity index (χ4v) is 4.67. The zero-order valence-electron chi connectivity index (χ0n) is 12.1. The van der Waals surface area contributed by atoms with Crippen molar-refractivity contribution in [3.8, 4) is 0 Å². The largest absolute Gasteiger partial charge is 0.385 e. The molecule has 1 fully saturated rings. The van der Waals surface area contributed by atoms with E-state index in [1.54, 1.807) is 16.4 Å². The normalized spacial score (nSPS) is 22.3. The van der Waals surface area contributed by atoms with Crippen molar-refractivity contribution in [2.75, 3.05) is 25.0 Å². The van der Waals surface area contributed by atoms with Gasteiger partial charge in [0.1, 0.15) is 0 Å². The average Bonchev–Trinajstić information content (AvgIpc) is 2.79. The number of hydrogen-bond donors (Lipinski definition) is 1. The van der Waals surface area contributed by atoms with Crippen LogP contribution in [0.1, 0.15) is 32.3 Å². The van der Waals surface area contributed by atoms with Gasteiger partial charge < -0.3 is 5.32 Å². The van der Waals surface area contributed by atoms with Crippen molar-refractivity contribution in [2.45, 2.75) is 38.0 Å². The summed E-state index contributed by atoms with van der Waals surface area (Å²) in [5, 5.41) is 3.30. The van der Waals surface area contributed by atoms with E-state index in [-0.39, 0.29) is 5.41 Å². The molecule has 0 amide bonds. The third kappa shape index (κ3) is 2.44. The van der Waals surface area contributed by atoms with Gasteiger partial charge in [0.15, 0.2) is 0 Å². The Kier molecular flexibility index (Phi) is 3.29. The monoisotopic (exact) mass is 294 g/mol. The molecule has 2 heterocycles. The van der Waals surface area contributed by atoms with Gasteiger partial charge in [-0.15, -0.1) is 0 Å². The zero-order chi connectivity index (χ0) is 14.4. The van der Waals surface area contributed by atoms with Gasteiger partial charge in [-0.3, -0.25) is 0 Å². The van der Waals surface area contributed by atoms with E-state index < -0.39 is 10.0 Å². The summed E-state index contributed by atoms with van der Waals surface area (Å²) >= 11 is 0. The molecule has 0 saturated carbocycles. The average molecular weight is 294 g/mol. The highest BCUT2D eigenvalue weighted by molar-refractivity contribution is 7.89. The van der Waals surface area contributed by atoms with Crippen LogP contribution in [0.5, 0.6) is 0 Å². The van der Waals surface area contributed by atoms with E-state index in [4.69, 9.17) is 0 Å². The van der Waals surface area contributed by atoms with E-state index in [1.165, 1.54) is 5.56 Å². The van der Waals surface area contributed by atoms with Gasteiger partial charge in [-0.1, -0.05) is 19.9 Å². The van der Waals surface area contributed by atoms with Crippen LogP contribution >= 0.6 is 0 Å². The summed E-state index contributed by atoms with van der Waals surface area (Å²) in [6.07, 6.45) is 3.06. The minimum atomic E-state index is -3.35. The standard InChI is InChI=1S/C15H22N2O2S/c1-15(2)7-9-17(11-15)20(18,19)13-6-5-12-4-3-8-16-14(12)10-13/h5-6,10,16H,3-4,7-9,11H2,1-2H3. The Labute approximate surface area is 121 Å². The Bertz CT molecular complexity index is 623. The number of nitrogens with one attached hydrogen (secondary N) is 1. The second-order valence-corrected chi connectivity index (χ2v) is 8.54. The number of sulfonamides is 1. The summed E-state index contributed by atoms with van der Waals surface area (Å²) in [5.74, 6) is 0. The Morgan fingerprint density at radius 1 is 1.30 bits per heavy atom. The lowest BCUT2D eigenvalue weighted by molar-refractivity contribution is 0.375. The lowest BCUT2D eigenvalue weighted by Gasteiger charge is -2.22. The highest BCUT2D eigenvalue weighted by Gasteiger charge is 2.37. The second-order valence-electron chi connectivity index (χ2n) is 6.60. The first-order chi connectivity index (χ1) is 9.38. The topological polar surface area (TPSA) is 49.4 Å². The lowest BCUT2D eigenvalue weighted by Crippen LogP contribution is -2.30. The van der Waals surface area contributed by atoms with Gasteiger partial charge in [-0.25, -0.2) is 8.42 Å². The molecule has 1 aromatic carbocycles. The second kappa shape index (κ2) is 4.74. The molecule has 5 heteroatoms. The Hall–Kier alpha value is -1.07. The fourth-order valence-electron chi connectivity index (χ4n) is 3.02. The predicted octanol–water partition coefficient (Wildman–Crippen LogP) is 2.47. The smallest absolute Gasteiger partial charge is 0.243 e. The molecule has 20 heavy (non-hydrogen) atoms. The summed E-state index contributed by atoms with van der Waals surface area (Å²) in [6.45, 7) is 6.40. The number of nitrogens with zero attached hydrogens (tertiary/aromatic N) is 1. The molecule has 0 atom stereocenters. The molecule has 0 bridgehead atoms. The summed E-state index contributed by atoms with van der Waals surface area (Å²) in [5.41, 5.74) is 2.28. The van der Waals surface area contributed by atoms with Gasteiger partial charge in [0.2, 0.25) is 10.0 Å². The zero-order valence-corrected chi connectivity index (χ0v) is 13.0. The molecule has 0 unspecified atom stereocenters. The number of fused-ring (bicyclic) bond motifs is 1. The molecule has 2 aliphatic rings. The molecule has 0 aromatic heterocycles. The molecule has 0 aliphatic carbocycles. The van der Waals surface area contributed by atoms with Crippen LogP contribution in [0, 0.1) is 5.41 Å². The first kappa shape index (κ1) is 13.9. The van der Waals surface area contributed by atoms with Gasteiger partial charge in [0.25, 0.3) is 0 Å². The van der Waals surface area contributed by atoms with Crippen molar-refractivity contribution in [3.05, 3.63) is 23.8 Å². The van der Waals surface area contributed by atoms with Crippen molar-refractivity contribution in [1.82, 2.24) is 4.31 Å². The van der Waals surface area contributed by atoms with Crippen LogP contribution in [-0.4, -0.2) is 32.4 Å². The third-order valence-electron chi connectivity index (χ3n) is 4.30. The summed E-state index contributed by atoms with van der Waals surface area (Å²) in [7, 11) is -3.35. The van der Waals surface area contributed by atoms with Crippen molar-refractivity contribution in [2.24, 2.45) is 5.41 Å². The Morgan fingerprint density at radius 3 is 2.80 bits per heavy atom. The van der Waals surface area contributed by atoms with Crippen LogP contribution in [-0.2, 0) is 16.4 Å². The number of anilines is 1. The Morgan fingerprint density at radius 2 is 2.10 bits per heavy atom. The highest BCUT2D eigenvalue weighted by atomic mass is 32.2. The maximum Gasteiger partial charge on any atom is 0.243 e. The summed E-state index contributed by atoms with van der Waals surface area (Å²) in [4.78, 5) is 0.420. The maximum atomic E-state index is 12.7. The molecule has 2 aliphatic heterocycles. The van der Waals surface area contributed by atoms with Crippen LogP contribution in [0.2, 0.25) is 0 Å². The van der Waals surface area contributed by atoms with Crippen molar-refractivity contribution < 1.29 is 8.42 Å². The van der Waals surface area contributed by atoms with Crippen molar-refractivity contribution in [3.63, 3.8) is 0 Å². The Balaban J connectivity index is 1.92. The quantitative estimate of drug-likeness (QED) is 0.911. The molecule has 1 N–H and O–H groups in total. The molecule has 0 radical (unpaired) electrons. The van der Waals surface area contributed by atoms with E-state index in [9.17, 15) is 8.42 Å². The van der Waals surface area contributed by atoms with Gasteiger partial charge in [-0.05, 0) is 42.4 Å². The van der Waals surface area contributed by atoms with E-state index in [0.717, 1.165) is 31.5 Å². The molecule has 110 valence electrons. The maximum absolute atomic E-state index is 12.7. The van der Waals surface area contributed by atoms with Crippen LogP contribution in [0.4, 0.5) is 5.69 Å². The molecule has 4 nitrogen and oxygen atoms in total. The first-order valence-corrected chi connectivity index (χ1v) is 8.69. The molecule has 0 spiro atoms. The lowest BCUT2D eigenvalue weighted by atomic mass is 9.93. The number of benzene rings is 1. The number of aryl methyl sites for hydroxylation is 1. The van der Waals surface area contributed by atoms with Crippen molar-refractivity contribution >= 4 is 15.7 Å². The summed E-state index contributed by atoms with van der Waals surface area (Å²) < 4.78 is 27.0. The number of rotatable bonds is 2. The first-order valence-electron chi connectivity index (χ1n) is 7.25. The molecule has 1 aromatic rings. The van der Waals surface area contributed by atoms with E-state index in [2.05, 4.69) is 19.2 Å². The van der Waals surface area contributed by atoms with Crippen LogP contribution < -0.4 is 5.32 Å². The van der Waals surface area contributed by atoms with E-state index >= 15 is 0 Å². The molecular formula is C15H22N2O2S. The SMILES string of the molecule is CC1(C)CCN(S(=O)(=O)c2ccc3c(c2)NCCC3)C1. The minimum absolute atomic E-state index is 0.0829.